The Hall–Kier alpha value is -4.73. The van der Waals surface area contributed by atoms with E-state index in [-0.39, 0.29) is 18.7 Å². The van der Waals surface area contributed by atoms with Crippen LogP contribution in [0.3, 0.4) is 0 Å². The van der Waals surface area contributed by atoms with Crippen molar-refractivity contribution in [3.05, 3.63) is 66.7 Å². The van der Waals surface area contributed by atoms with Gasteiger partial charge in [-0.2, -0.15) is 0 Å². The summed E-state index contributed by atoms with van der Waals surface area (Å²) in [5.74, 6) is 1.32. The SMILES string of the molecule is COc1ccc(Oc2ccc(NC(=O)CCC(=O)OCC(=O)Nc3cc(OC)ccc3OC)cc2)cc1. The summed E-state index contributed by atoms with van der Waals surface area (Å²) >= 11 is 0. The van der Waals surface area contributed by atoms with Crippen molar-refractivity contribution >= 4 is 29.2 Å². The fourth-order valence-corrected chi connectivity index (χ4v) is 3.14. The van der Waals surface area contributed by atoms with Gasteiger partial charge in [0.1, 0.15) is 28.7 Å². The van der Waals surface area contributed by atoms with Gasteiger partial charge in [-0.25, -0.2) is 0 Å². The van der Waals surface area contributed by atoms with Crippen LogP contribution in [0.15, 0.2) is 66.7 Å². The van der Waals surface area contributed by atoms with Crippen molar-refractivity contribution in [3.8, 4) is 28.7 Å². The van der Waals surface area contributed by atoms with Crippen molar-refractivity contribution in [3.63, 3.8) is 0 Å². The Morgan fingerprint density at radius 1 is 0.649 bits per heavy atom. The number of amides is 2. The van der Waals surface area contributed by atoms with Crippen LogP contribution in [0.25, 0.3) is 0 Å². The molecule has 0 saturated carbocycles. The monoisotopic (exact) mass is 508 g/mol. The summed E-state index contributed by atoms with van der Waals surface area (Å²) in [5.41, 5.74) is 0.926. The number of hydrogen-bond acceptors (Lipinski definition) is 8. The molecule has 0 radical (unpaired) electrons. The van der Waals surface area contributed by atoms with Crippen molar-refractivity contribution in [1.29, 1.82) is 0 Å². The molecule has 0 saturated heterocycles. The molecule has 37 heavy (non-hydrogen) atoms. The number of rotatable bonds is 12. The zero-order valence-electron chi connectivity index (χ0n) is 20.7. The van der Waals surface area contributed by atoms with Gasteiger partial charge in [0.15, 0.2) is 6.61 Å². The first-order valence-electron chi connectivity index (χ1n) is 11.3. The predicted octanol–water partition coefficient (Wildman–Crippen LogP) is 4.41. The zero-order chi connectivity index (χ0) is 26.6. The zero-order valence-corrected chi connectivity index (χ0v) is 20.7. The molecule has 2 N–H and O–H groups in total. The highest BCUT2D eigenvalue weighted by atomic mass is 16.5. The Morgan fingerprint density at radius 2 is 1.24 bits per heavy atom. The van der Waals surface area contributed by atoms with Gasteiger partial charge in [0.05, 0.1) is 33.4 Å². The van der Waals surface area contributed by atoms with Gasteiger partial charge in [-0.05, 0) is 60.7 Å². The number of benzene rings is 3. The Morgan fingerprint density at radius 3 is 1.86 bits per heavy atom. The molecule has 2 amide bonds. The maximum Gasteiger partial charge on any atom is 0.306 e. The third-order valence-electron chi connectivity index (χ3n) is 5.03. The van der Waals surface area contributed by atoms with Crippen molar-refractivity contribution in [2.24, 2.45) is 0 Å². The highest BCUT2D eigenvalue weighted by Gasteiger charge is 2.13. The average molecular weight is 509 g/mol. The largest absolute Gasteiger partial charge is 0.497 e. The normalized spacial score (nSPS) is 10.1. The summed E-state index contributed by atoms with van der Waals surface area (Å²) in [6.45, 7) is -0.503. The van der Waals surface area contributed by atoms with Crippen LogP contribution in [-0.2, 0) is 19.1 Å². The van der Waals surface area contributed by atoms with E-state index in [1.54, 1.807) is 73.8 Å². The summed E-state index contributed by atoms with van der Waals surface area (Å²) < 4.78 is 26.2. The second kappa shape index (κ2) is 13.4. The van der Waals surface area contributed by atoms with Gasteiger partial charge in [0.2, 0.25) is 5.91 Å². The lowest BCUT2D eigenvalue weighted by atomic mass is 10.2. The van der Waals surface area contributed by atoms with Gasteiger partial charge < -0.3 is 34.3 Å². The summed E-state index contributed by atoms with van der Waals surface area (Å²) in [6, 6.07) is 18.9. The van der Waals surface area contributed by atoms with Crippen molar-refractivity contribution in [2.75, 3.05) is 38.6 Å². The molecule has 0 atom stereocenters. The van der Waals surface area contributed by atoms with Crippen molar-refractivity contribution in [2.45, 2.75) is 12.8 Å². The van der Waals surface area contributed by atoms with E-state index in [4.69, 9.17) is 23.7 Å². The fourth-order valence-electron chi connectivity index (χ4n) is 3.14. The topological polar surface area (TPSA) is 121 Å². The predicted molar refractivity (Wildman–Crippen MR) is 137 cm³/mol. The Bertz CT molecular complexity index is 1210. The first-order valence-corrected chi connectivity index (χ1v) is 11.3. The lowest BCUT2D eigenvalue weighted by molar-refractivity contribution is -0.147. The summed E-state index contributed by atoms with van der Waals surface area (Å²) in [5, 5.41) is 5.30. The van der Waals surface area contributed by atoms with Crippen LogP contribution in [0, 0.1) is 0 Å². The lowest BCUT2D eigenvalue weighted by Gasteiger charge is -2.12. The number of esters is 1. The molecule has 0 unspecified atom stereocenters. The first kappa shape index (κ1) is 26.9. The molecule has 0 aliphatic heterocycles. The minimum Gasteiger partial charge on any atom is -0.497 e. The molecule has 194 valence electrons. The van der Waals surface area contributed by atoms with E-state index in [9.17, 15) is 14.4 Å². The molecule has 0 aromatic heterocycles. The Balaban J connectivity index is 1.39. The van der Waals surface area contributed by atoms with Crippen LogP contribution in [0.1, 0.15) is 12.8 Å². The maximum absolute atomic E-state index is 12.2. The second-order valence-electron chi connectivity index (χ2n) is 7.63. The number of ether oxygens (including phenoxy) is 5. The van der Waals surface area contributed by atoms with Crippen LogP contribution in [-0.4, -0.2) is 45.7 Å². The van der Waals surface area contributed by atoms with E-state index in [0.717, 1.165) is 5.75 Å². The smallest absolute Gasteiger partial charge is 0.306 e. The number of nitrogens with one attached hydrogen (secondary N) is 2. The van der Waals surface area contributed by atoms with Crippen LogP contribution in [0.5, 0.6) is 28.7 Å². The van der Waals surface area contributed by atoms with Gasteiger partial charge in [0, 0.05) is 18.2 Å². The van der Waals surface area contributed by atoms with E-state index in [1.165, 1.54) is 14.2 Å². The van der Waals surface area contributed by atoms with Crippen LogP contribution >= 0.6 is 0 Å². The standard InChI is InChI=1S/C27H28N2O8/c1-33-19-8-10-21(11-9-19)37-20-6-4-18(5-7-20)28-25(30)14-15-27(32)36-17-26(31)29-23-16-22(34-2)12-13-24(23)35-3/h4-13,16H,14-15,17H2,1-3H3,(H,28,30)(H,29,31). The average Bonchev–Trinajstić information content (AvgIpc) is 2.92. The third kappa shape index (κ3) is 8.46. The Labute approximate surface area is 214 Å². The third-order valence-corrected chi connectivity index (χ3v) is 5.03. The molecular formula is C27H28N2O8. The van der Waals surface area contributed by atoms with Gasteiger partial charge in [-0.1, -0.05) is 0 Å². The van der Waals surface area contributed by atoms with Gasteiger partial charge >= 0.3 is 5.97 Å². The molecule has 10 nitrogen and oxygen atoms in total. The van der Waals surface area contributed by atoms with E-state index < -0.39 is 18.5 Å². The molecule has 3 aromatic rings. The molecule has 0 spiro atoms. The molecule has 0 heterocycles. The molecule has 3 aromatic carbocycles. The van der Waals surface area contributed by atoms with E-state index in [1.807, 2.05) is 0 Å². The quantitative estimate of drug-likeness (QED) is 0.345. The number of carbonyl (C=O) groups excluding carboxylic acids is 3. The summed E-state index contributed by atoms with van der Waals surface area (Å²) in [6.07, 6.45) is -0.283. The summed E-state index contributed by atoms with van der Waals surface area (Å²) in [7, 11) is 4.55. The second-order valence-corrected chi connectivity index (χ2v) is 7.63. The molecular weight excluding hydrogens is 480 g/mol. The van der Waals surface area contributed by atoms with Gasteiger partial charge in [-0.15, -0.1) is 0 Å². The highest BCUT2D eigenvalue weighted by Crippen LogP contribution is 2.29. The van der Waals surface area contributed by atoms with E-state index in [2.05, 4.69) is 10.6 Å². The molecule has 0 aliphatic carbocycles. The number of carbonyl (C=O) groups is 3. The van der Waals surface area contributed by atoms with Crippen LogP contribution in [0.4, 0.5) is 11.4 Å². The maximum atomic E-state index is 12.2. The van der Waals surface area contributed by atoms with Crippen molar-refractivity contribution < 1.29 is 38.1 Å². The number of anilines is 2. The molecule has 3 rings (SSSR count). The summed E-state index contributed by atoms with van der Waals surface area (Å²) in [4.78, 5) is 36.3. The minimum absolute atomic E-state index is 0.103. The van der Waals surface area contributed by atoms with Crippen LogP contribution < -0.4 is 29.6 Å². The molecule has 0 aliphatic rings. The number of methoxy groups -OCH3 is 3. The van der Waals surface area contributed by atoms with Gasteiger partial charge in [0.25, 0.3) is 5.91 Å². The van der Waals surface area contributed by atoms with Crippen molar-refractivity contribution in [1.82, 2.24) is 0 Å². The van der Waals surface area contributed by atoms with E-state index in [0.29, 0.717) is 34.4 Å². The van der Waals surface area contributed by atoms with E-state index >= 15 is 0 Å². The molecule has 0 bridgehead atoms. The fraction of sp³-hybridized carbons (Fsp3) is 0.222. The molecule has 10 heteroatoms. The Kier molecular flexibility index (Phi) is 9.72. The lowest BCUT2D eigenvalue weighted by Crippen LogP contribution is -2.22. The highest BCUT2D eigenvalue weighted by molar-refractivity contribution is 5.95. The van der Waals surface area contributed by atoms with Crippen LogP contribution in [0.2, 0.25) is 0 Å². The van der Waals surface area contributed by atoms with Gasteiger partial charge in [-0.3, -0.25) is 14.4 Å². The minimum atomic E-state index is -0.675. The number of hydrogen-bond donors (Lipinski definition) is 2. The first-order chi connectivity index (χ1) is 17.9. The molecule has 0 fully saturated rings.